The Morgan fingerprint density at radius 1 is 1.48 bits per heavy atom. The van der Waals surface area contributed by atoms with Crippen molar-refractivity contribution in [3.63, 3.8) is 0 Å². The van der Waals surface area contributed by atoms with Crippen molar-refractivity contribution in [2.24, 2.45) is 0 Å². The molecule has 1 aromatic heterocycles. The highest BCUT2D eigenvalue weighted by Gasteiger charge is 2.41. The number of nitro groups is 1. The summed E-state index contributed by atoms with van der Waals surface area (Å²) in [5.74, 6) is -2.48. The van der Waals surface area contributed by atoms with Gasteiger partial charge in [0.2, 0.25) is 5.69 Å². The van der Waals surface area contributed by atoms with E-state index in [9.17, 15) is 28.1 Å². The smallest absolute Gasteiger partial charge is 0.420 e. The number of anilines is 1. The molecular formula is C15H16F3N3O4. The van der Waals surface area contributed by atoms with Crippen molar-refractivity contribution in [2.45, 2.75) is 43.8 Å². The minimum Gasteiger partial charge on any atom is -0.476 e. The molecule has 1 aliphatic rings. The van der Waals surface area contributed by atoms with Crippen LogP contribution in [0.15, 0.2) is 18.7 Å². The highest BCUT2D eigenvalue weighted by Crippen LogP contribution is 2.41. The number of hydrogen-bond donors (Lipinski definition) is 2. The summed E-state index contributed by atoms with van der Waals surface area (Å²) in [5, 5.41) is 22.7. The Bertz CT molecular complexity index is 713. The van der Waals surface area contributed by atoms with Gasteiger partial charge in [0.25, 0.3) is 0 Å². The van der Waals surface area contributed by atoms with Gasteiger partial charge in [-0.3, -0.25) is 10.1 Å². The molecular weight excluding hydrogens is 343 g/mol. The van der Waals surface area contributed by atoms with E-state index in [1.54, 1.807) is 6.08 Å². The molecule has 25 heavy (non-hydrogen) atoms. The number of carbonyl (C=O) groups is 1. The van der Waals surface area contributed by atoms with E-state index in [4.69, 9.17) is 5.11 Å². The molecule has 1 heterocycles. The molecule has 136 valence electrons. The van der Waals surface area contributed by atoms with Crippen molar-refractivity contribution in [1.29, 1.82) is 0 Å². The number of aromatic nitrogens is 1. The van der Waals surface area contributed by atoms with Gasteiger partial charge in [0.05, 0.1) is 4.92 Å². The van der Waals surface area contributed by atoms with Crippen molar-refractivity contribution in [1.82, 2.24) is 4.98 Å². The van der Waals surface area contributed by atoms with Crippen LogP contribution in [0.25, 0.3) is 0 Å². The third kappa shape index (κ3) is 3.89. The third-order valence-electron chi connectivity index (χ3n) is 4.19. The topological polar surface area (TPSA) is 105 Å². The average molecular weight is 359 g/mol. The summed E-state index contributed by atoms with van der Waals surface area (Å²) in [6.07, 6.45) is -0.276. The number of carboxylic acids is 1. The van der Waals surface area contributed by atoms with Crippen LogP contribution in [0.5, 0.6) is 0 Å². The number of carboxylic acid groups (broad SMARTS) is 1. The summed E-state index contributed by atoms with van der Waals surface area (Å²) in [6.45, 7) is 3.60. The Hall–Kier alpha value is -2.65. The van der Waals surface area contributed by atoms with E-state index in [1.165, 1.54) is 0 Å². The normalized spacial score (nSPS) is 16.4. The van der Waals surface area contributed by atoms with Gasteiger partial charge < -0.3 is 10.4 Å². The molecule has 2 rings (SSSR count). The Balaban J connectivity index is 2.62. The van der Waals surface area contributed by atoms with E-state index in [2.05, 4.69) is 16.9 Å². The zero-order valence-corrected chi connectivity index (χ0v) is 13.1. The Morgan fingerprint density at radius 2 is 2.08 bits per heavy atom. The Kier molecular flexibility index (Phi) is 5.00. The molecule has 0 saturated heterocycles. The van der Waals surface area contributed by atoms with Crippen LogP contribution >= 0.6 is 0 Å². The molecule has 0 radical (unpaired) electrons. The van der Waals surface area contributed by atoms with Gasteiger partial charge in [0.1, 0.15) is 11.4 Å². The van der Waals surface area contributed by atoms with Crippen LogP contribution in [0.3, 0.4) is 0 Å². The molecule has 7 nitrogen and oxygen atoms in total. The average Bonchev–Trinajstić information content (AvgIpc) is 2.94. The fraction of sp³-hybridized carbons (Fsp3) is 0.467. The predicted octanol–water partition coefficient (Wildman–Crippen LogP) is 4.01. The first kappa shape index (κ1) is 18.7. The maximum absolute atomic E-state index is 13.3. The second-order valence-electron chi connectivity index (χ2n) is 5.92. The van der Waals surface area contributed by atoms with E-state index in [-0.39, 0.29) is 6.07 Å². The molecule has 0 unspecified atom stereocenters. The quantitative estimate of drug-likeness (QED) is 0.452. The van der Waals surface area contributed by atoms with E-state index in [0.29, 0.717) is 19.3 Å². The number of alkyl halides is 3. The largest absolute Gasteiger partial charge is 0.476 e. The van der Waals surface area contributed by atoms with Gasteiger partial charge in [0, 0.05) is 11.6 Å². The monoisotopic (exact) mass is 359 g/mol. The van der Waals surface area contributed by atoms with Crippen LogP contribution in [0.1, 0.15) is 48.2 Å². The highest BCUT2D eigenvalue weighted by atomic mass is 19.4. The second kappa shape index (κ2) is 6.69. The summed E-state index contributed by atoms with van der Waals surface area (Å²) < 4.78 is 40.0. The third-order valence-corrected chi connectivity index (χ3v) is 4.19. The summed E-state index contributed by atoms with van der Waals surface area (Å²) in [5.41, 5.74) is -4.32. The lowest BCUT2D eigenvalue weighted by atomic mass is 9.93. The highest BCUT2D eigenvalue weighted by molar-refractivity contribution is 5.91. The Labute approximate surface area is 140 Å². The molecule has 0 amide bonds. The summed E-state index contributed by atoms with van der Waals surface area (Å²) in [4.78, 5) is 24.4. The first-order valence-electron chi connectivity index (χ1n) is 7.49. The number of rotatable bonds is 6. The number of nitrogens with one attached hydrogen (secondary N) is 1. The fourth-order valence-electron chi connectivity index (χ4n) is 3.07. The molecule has 0 spiro atoms. The summed E-state index contributed by atoms with van der Waals surface area (Å²) >= 11 is 0. The van der Waals surface area contributed by atoms with Crippen molar-refractivity contribution in [3.05, 3.63) is 40.1 Å². The standard InChI is InChI=1S/C15H16F3N3O4/c1-2-5-14(6-3-4-7-14)20-12-9(15(16,17)18)8-10(21(24)25)11(19-12)13(22)23/h2,8H,1,3-7H2,(H,19,20)(H,22,23). The van der Waals surface area contributed by atoms with Crippen molar-refractivity contribution in [3.8, 4) is 0 Å². The van der Waals surface area contributed by atoms with E-state index in [1.807, 2.05) is 0 Å². The van der Waals surface area contributed by atoms with Gasteiger partial charge >= 0.3 is 17.8 Å². The molecule has 1 aliphatic carbocycles. The molecule has 0 atom stereocenters. The van der Waals surface area contributed by atoms with Gasteiger partial charge in [-0.05, 0) is 19.3 Å². The Morgan fingerprint density at radius 3 is 2.52 bits per heavy atom. The maximum atomic E-state index is 13.3. The molecule has 1 fully saturated rings. The van der Waals surface area contributed by atoms with Crippen LogP contribution in [-0.4, -0.2) is 26.5 Å². The lowest BCUT2D eigenvalue weighted by Gasteiger charge is -2.31. The first-order valence-corrected chi connectivity index (χ1v) is 7.49. The van der Waals surface area contributed by atoms with Gasteiger partial charge in [-0.25, -0.2) is 9.78 Å². The van der Waals surface area contributed by atoms with Gasteiger partial charge in [-0.2, -0.15) is 13.2 Å². The summed E-state index contributed by atoms with van der Waals surface area (Å²) in [6, 6.07) is 0.218. The number of pyridine rings is 1. The fourth-order valence-corrected chi connectivity index (χ4v) is 3.07. The van der Waals surface area contributed by atoms with Gasteiger partial charge in [-0.1, -0.05) is 18.9 Å². The van der Waals surface area contributed by atoms with Crippen LogP contribution in [0.2, 0.25) is 0 Å². The minimum absolute atomic E-state index is 0.218. The van der Waals surface area contributed by atoms with E-state index >= 15 is 0 Å². The molecule has 0 aliphatic heterocycles. The second-order valence-corrected chi connectivity index (χ2v) is 5.92. The maximum Gasteiger partial charge on any atom is 0.420 e. The molecule has 1 saturated carbocycles. The number of hydrogen-bond acceptors (Lipinski definition) is 5. The zero-order valence-electron chi connectivity index (χ0n) is 13.1. The lowest BCUT2D eigenvalue weighted by molar-refractivity contribution is -0.385. The molecule has 1 aromatic rings. The lowest BCUT2D eigenvalue weighted by Crippen LogP contribution is -2.36. The van der Waals surface area contributed by atoms with E-state index in [0.717, 1.165) is 12.8 Å². The van der Waals surface area contributed by atoms with Crippen LogP contribution in [-0.2, 0) is 6.18 Å². The predicted molar refractivity (Wildman–Crippen MR) is 82.5 cm³/mol. The van der Waals surface area contributed by atoms with E-state index < -0.39 is 45.4 Å². The number of halogens is 3. The van der Waals surface area contributed by atoms with Crippen LogP contribution in [0.4, 0.5) is 24.7 Å². The van der Waals surface area contributed by atoms with Crippen molar-refractivity contribution >= 4 is 17.5 Å². The van der Waals surface area contributed by atoms with Crippen molar-refractivity contribution < 1.29 is 28.0 Å². The van der Waals surface area contributed by atoms with Gasteiger partial charge in [-0.15, -0.1) is 6.58 Å². The minimum atomic E-state index is -4.93. The zero-order chi connectivity index (χ0) is 18.8. The van der Waals surface area contributed by atoms with Crippen molar-refractivity contribution in [2.75, 3.05) is 5.32 Å². The SMILES string of the molecule is C=CCC1(Nc2nc(C(=O)O)c([N+](=O)[O-])cc2C(F)(F)F)CCCC1. The molecule has 10 heteroatoms. The number of nitrogens with zero attached hydrogens (tertiary/aromatic N) is 2. The molecule has 0 aromatic carbocycles. The molecule has 0 bridgehead atoms. The number of aromatic carboxylic acids is 1. The summed E-state index contributed by atoms with van der Waals surface area (Å²) in [7, 11) is 0. The van der Waals surface area contributed by atoms with Crippen LogP contribution in [0, 0.1) is 10.1 Å². The van der Waals surface area contributed by atoms with Crippen LogP contribution < -0.4 is 5.32 Å². The molecule has 2 N–H and O–H groups in total. The van der Waals surface area contributed by atoms with Gasteiger partial charge in [0.15, 0.2) is 0 Å². The first-order chi connectivity index (χ1) is 11.6.